The van der Waals surface area contributed by atoms with Crippen LogP contribution in [-0.4, -0.2) is 11.6 Å². The van der Waals surface area contributed by atoms with Crippen LogP contribution in [0.4, 0.5) is 0 Å². The second kappa shape index (κ2) is 1.91. The molecule has 0 amide bonds. The Morgan fingerprint density at radius 2 is 1.50 bits per heavy atom. The summed E-state index contributed by atoms with van der Waals surface area (Å²) in [5.74, 6) is 0.667. The third-order valence-electron chi connectivity index (χ3n) is 2.69. The molecule has 0 aromatic carbocycles. The Morgan fingerprint density at radius 1 is 1.00 bits per heavy atom. The summed E-state index contributed by atoms with van der Waals surface area (Å²) >= 11 is 0. The molecule has 0 bridgehead atoms. The van der Waals surface area contributed by atoms with Crippen molar-refractivity contribution in [3.8, 4) is 0 Å². The first-order valence-electron chi connectivity index (χ1n) is 3.84. The van der Waals surface area contributed by atoms with Gasteiger partial charge in [0.25, 0.3) is 0 Å². The van der Waals surface area contributed by atoms with E-state index in [0.717, 1.165) is 12.8 Å². The highest BCUT2D eigenvalue weighted by Gasteiger charge is 2.43. The minimum Gasteiger partial charge on any atom is -0.299 e. The summed E-state index contributed by atoms with van der Waals surface area (Å²) in [7, 11) is 0. The summed E-state index contributed by atoms with van der Waals surface area (Å²) in [5, 5.41) is 0. The molecule has 0 radical (unpaired) electrons. The summed E-state index contributed by atoms with van der Waals surface area (Å²) < 4.78 is 0. The van der Waals surface area contributed by atoms with Gasteiger partial charge in [-0.2, -0.15) is 0 Å². The molecular formula is C8H10O2. The van der Waals surface area contributed by atoms with Gasteiger partial charge in [-0.1, -0.05) is 0 Å². The van der Waals surface area contributed by atoms with Gasteiger partial charge in [0.15, 0.2) is 0 Å². The van der Waals surface area contributed by atoms with Gasteiger partial charge < -0.3 is 0 Å². The van der Waals surface area contributed by atoms with E-state index < -0.39 is 0 Å². The molecule has 0 spiro atoms. The van der Waals surface area contributed by atoms with Crippen LogP contribution in [-0.2, 0) is 9.59 Å². The largest absolute Gasteiger partial charge is 0.299 e. The second-order valence-corrected chi connectivity index (χ2v) is 3.25. The van der Waals surface area contributed by atoms with Crippen molar-refractivity contribution in [3.63, 3.8) is 0 Å². The number of hydrogen-bond donors (Lipinski definition) is 0. The van der Waals surface area contributed by atoms with Gasteiger partial charge in [-0.25, -0.2) is 0 Å². The molecule has 0 saturated heterocycles. The van der Waals surface area contributed by atoms with Crippen LogP contribution < -0.4 is 0 Å². The SMILES string of the molecule is O=C1CCC2CCC(=O)C12. The Bertz CT molecular complexity index is 175. The lowest BCUT2D eigenvalue weighted by Crippen LogP contribution is -2.16. The fraction of sp³-hybridized carbons (Fsp3) is 0.750. The van der Waals surface area contributed by atoms with Crippen molar-refractivity contribution in [1.82, 2.24) is 0 Å². The van der Waals surface area contributed by atoms with E-state index in [2.05, 4.69) is 0 Å². The number of hydrogen-bond acceptors (Lipinski definition) is 2. The van der Waals surface area contributed by atoms with Gasteiger partial charge in [0, 0.05) is 12.8 Å². The van der Waals surface area contributed by atoms with Gasteiger partial charge in [-0.05, 0) is 18.8 Å². The lowest BCUT2D eigenvalue weighted by Gasteiger charge is -2.01. The maximum atomic E-state index is 11.0. The highest BCUT2D eigenvalue weighted by atomic mass is 16.2. The maximum absolute atomic E-state index is 11.0. The highest BCUT2D eigenvalue weighted by Crippen LogP contribution is 2.39. The van der Waals surface area contributed by atoms with Gasteiger partial charge in [-0.15, -0.1) is 0 Å². The number of fused-ring (bicyclic) bond motifs is 1. The van der Waals surface area contributed by atoms with Crippen molar-refractivity contribution in [3.05, 3.63) is 0 Å². The molecule has 2 aliphatic carbocycles. The summed E-state index contributed by atoms with van der Waals surface area (Å²) in [4.78, 5) is 22.1. The first-order chi connectivity index (χ1) is 4.79. The van der Waals surface area contributed by atoms with E-state index in [1.165, 1.54) is 0 Å². The Labute approximate surface area is 59.6 Å². The van der Waals surface area contributed by atoms with Crippen LogP contribution in [0, 0.1) is 11.8 Å². The third kappa shape index (κ3) is 0.648. The van der Waals surface area contributed by atoms with Crippen LogP contribution in [0.15, 0.2) is 0 Å². The highest BCUT2D eigenvalue weighted by molar-refractivity contribution is 6.05. The third-order valence-corrected chi connectivity index (χ3v) is 2.69. The van der Waals surface area contributed by atoms with Gasteiger partial charge >= 0.3 is 0 Å². The molecule has 2 aliphatic rings. The lowest BCUT2D eigenvalue weighted by molar-refractivity contribution is -0.129. The predicted octanol–water partition coefficient (Wildman–Crippen LogP) is 0.945. The Kier molecular flexibility index (Phi) is 1.16. The molecule has 0 aliphatic heterocycles. The van der Waals surface area contributed by atoms with Crippen molar-refractivity contribution in [2.24, 2.45) is 11.8 Å². The number of Topliss-reactive ketones (excluding diaryl/α,β-unsaturated/α-hetero) is 2. The minimum absolute atomic E-state index is 0.167. The molecule has 0 atom stereocenters. The molecule has 2 rings (SSSR count). The first kappa shape index (κ1) is 6.08. The number of carbonyl (C=O) groups is 2. The quantitative estimate of drug-likeness (QED) is 0.467. The lowest BCUT2D eigenvalue weighted by atomic mass is 10.00. The molecule has 0 N–H and O–H groups in total. The van der Waals surface area contributed by atoms with Crippen LogP contribution in [0.2, 0.25) is 0 Å². The Morgan fingerprint density at radius 3 is 1.90 bits per heavy atom. The standard InChI is InChI=1S/C8H10O2/c9-6-3-1-5-2-4-7(10)8(5)6/h5,8H,1-4H2. The molecule has 2 nitrogen and oxygen atoms in total. The molecule has 2 fully saturated rings. The van der Waals surface area contributed by atoms with Gasteiger partial charge in [0.2, 0.25) is 0 Å². The average Bonchev–Trinajstić information content (AvgIpc) is 2.40. The minimum atomic E-state index is -0.167. The molecule has 0 aromatic rings. The van der Waals surface area contributed by atoms with Gasteiger partial charge in [0.05, 0.1) is 5.92 Å². The van der Waals surface area contributed by atoms with E-state index >= 15 is 0 Å². The Hall–Kier alpha value is -0.660. The van der Waals surface area contributed by atoms with Crippen LogP contribution in [0.25, 0.3) is 0 Å². The average molecular weight is 138 g/mol. The van der Waals surface area contributed by atoms with Crippen LogP contribution in [0.3, 0.4) is 0 Å². The second-order valence-electron chi connectivity index (χ2n) is 3.25. The molecule has 0 unspecified atom stereocenters. The molecule has 0 heterocycles. The first-order valence-corrected chi connectivity index (χ1v) is 3.84. The summed E-state index contributed by atoms with van der Waals surface area (Å²) in [6.45, 7) is 0. The van der Waals surface area contributed by atoms with E-state index in [9.17, 15) is 9.59 Å². The monoisotopic (exact) mass is 138 g/mol. The van der Waals surface area contributed by atoms with Crippen molar-refractivity contribution >= 4 is 11.6 Å². The summed E-state index contributed by atoms with van der Waals surface area (Å²) in [6.07, 6.45) is 3.24. The van der Waals surface area contributed by atoms with Crippen LogP contribution in [0.5, 0.6) is 0 Å². The van der Waals surface area contributed by atoms with Crippen molar-refractivity contribution in [2.75, 3.05) is 0 Å². The molecule has 10 heavy (non-hydrogen) atoms. The normalized spacial score (nSPS) is 38.8. The zero-order valence-electron chi connectivity index (χ0n) is 5.80. The maximum Gasteiger partial charge on any atom is 0.143 e. The van der Waals surface area contributed by atoms with Gasteiger partial charge in [0.1, 0.15) is 11.6 Å². The number of ketones is 2. The molecule has 2 saturated carbocycles. The molecule has 0 aromatic heterocycles. The van der Waals surface area contributed by atoms with Crippen molar-refractivity contribution < 1.29 is 9.59 Å². The summed E-state index contributed by atoms with van der Waals surface area (Å²) in [5.41, 5.74) is 0. The van der Waals surface area contributed by atoms with E-state index in [1.54, 1.807) is 0 Å². The van der Waals surface area contributed by atoms with E-state index in [1.807, 2.05) is 0 Å². The van der Waals surface area contributed by atoms with E-state index in [4.69, 9.17) is 0 Å². The van der Waals surface area contributed by atoms with Gasteiger partial charge in [-0.3, -0.25) is 9.59 Å². The van der Waals surface area contributed by atoms with E-state index in [0.29, 0.717) is 18.8 Å². The zero-order chi connectivity index (χ0) is 7.14. The fourth-order valence-corrected chi connectivity index (χ4v) is 2.15. The zero-order valence-corrected chi connectivity index (χ0v) is 5.80. The topological polar surface area (TPSA) is 34.1 Å². The summed E-state index contributed by atoms with van der Waals surface area (Å²) in [6, 6.07) is 0. The van der Waals surface area contributed by atoms with Crippen molar-refractivity contribution in [2.45, 2.75) is 25.7 Å². The smallest absolute Gasteiger partial charge is 0.143 e. The predicted molar refractivity (Wildman–Crippen MR) is 35.5 cm³/mol. The Balaban J connectivity index is 2.26. The molecule has 2 heteroatoms. The molecule has 54 valence electrons. The number of carbonyl (C=O) groups excluding carboxylic acids is 2. The van der Waals surface area contributed by atoms with Crippen molar-refractivity contribution in [1.29, 1.82) is 0 Å². The van der Waals surface area contributed by atoms with Crippen LogP contribution >= 0.6 is 0 Å². The molecular weight excluding hydrogens is 128 g/mol. The fourth-order valence-electron chi connectivity index (χ4n) is 2.15. The number of rotatable bonds is 0. The van der Waals surface area contributed by atoms with Crippen LogP contribution in [0.1, 0.15) is 25.7 Å². The van der Waals surface area contributed by atoms with E-state index in [-0.39, 0.29) is 17.5 Å².